The molecule has 0 spiro atoms. The number of ether oxygens (including phenoxy) is 4. The van der Waals surface area contributed by atoms with Crippen molar-refractivity contribution in [2.24, 2.45) is 17.2 Å². The van der Waals surface area contributed by atoms with Crippen molar-refractivity contribution in [1.29, 1.82) is 0 Å². The van der Waals surface area contributed by atoms with Crippen molar-refractivity contribution < 1.29 is 23.7 Å². The Bertz CT molecular complexity index is 310. The summed E-state index contributed by atoms with van der Waals surface area (Å²) >= 11 is 0. The number of rotatable bonds is 13. The minimum absolute atomic E-state index is 0.165. The van der Waals surface area contributed by atoms with Crippen molar-refractivity contribution in [2.45, 2.75) is 31.9 Å². The van der Waals surface area contributed by atoms with Crippen LogP contribution in [-0.2, 0) is 18.9 Å². The third-order valence-corrected chi connectivity index (χ3v) is 2.69. The van der Waals surface area contributed by atoms with E-state index in [1.807, 2.05) is 0 Å². The van der Waals surface area contributed by atoms with E-state index in [0.29, 0.717) is 39.5 Å². The van der Waals surface area contributed by atoms with Crippen LogP contribution in [0.2, 0.25) is 0 Å². The number of nitrogens with one attached hydrogen (secondary N) is 1. The highest BCUT2D eigenvalue weighted by atomic mass is 16.6. The van der Waals surface area contributed by atoms with Gasteiger partial charge in [0.2, 0.25) is 0 Å². The summed E-state index contributed by atoms with van der Waals surface area (Å²) < 4.78 is 21.9. The summed E-state index contributed by atoms with van der Waals surface area (Å²) in [6, 6.07) is 0. The van der Waals surface area contributed by atoms with Crippen LogP contribution in [0, 0.1) is 0 Å². The zero-order chi connectivity index (χ0) is 18.5. The second-order valence-electron chi connectivity index (χ2n) is 6.43. The molecule has 0 aliphatic carbocycles. The number of nitrogens with two attached hydrogens (primary N) is 3. The molecule has 0 bridgehead atoms. The van der Waals surface area contributed by atoms with Gasteiger partial charge in [-0.2, -0.15) is 0 Å². The van der Waals surface area contributed by atoms with Crippen LogP contribution in [0.15, 0.2) is 0 Å². The van der Waals surface area contributed by atoms with E-state index in [2.05, 4.69) is 5.32 Å². The normalized spacial score (nSPS) is 12.2. The van der Waals surface area contributed by atoms with Gasteiger partial charge in [0.15, 0.2) is 0 Å². The van der Waals surface area contributed by atoms with Crippen LogP contribution in [0.3, 0.4) is 0 Å². The molecule has 0 saturated carbocycles. The van der Waals surface area contributed by atoms with Crippen molar-refractivity contribution in [1.82, 2.24) is 5.32 Å². The van der Waals surface area contributed by atoms with Crippen molar-refractivity contribution >= 4 is 6.09 Å². The van der Waals surface area contributed by atoms with Crippen LogP contribution < -0.4 is 22.5 Å². The molecule has 0 aromatic heterocycles. The third-order valence-electron chi connectivity index (χ3n) is 2.69. The van der Waals surface area contributed by atoms with Gasteiger partial charge in [-0.1, -0.05) is 0 Å². The lowest BCUT2D eigenvalue weighted by Crippen LogP contribution is -2.59. The Morgan fingerprint density at radius 3 is 1.50 bits per heavy atom. The Morgan fingerprint density at radius 2 is 1.21 bits per heavy atom. The van der Waals surface area contributed by atoms with E-state index in [1.165, 1.54) is 0 Å². The van der Waals surface area contributed by atoms with E-state index in [-0.39, 0.29) is 19.8 Å². The van der Waals surface area contributed by atoms with Crippen LogP contribution in [0.5, 0.6) is 0 Å². The summed E-state index contributed by atoms with van der Waals surface area (Å²) in [7, 11) is 0. The zero-order valence-electron chi connectivity index (χ0n) is 15.1. The second kappa shape index (κ2) is 12.4. The largest absolute Gasteiger partial charge is 0.444 e. The van der Waals surface area contributed by atoms with Gasteiger partial charge < -0.3 is 41.5 Å². The molecule has 9 nitrogen and oxygen atoms in total. The zero-order valence-corrected chi connectivity index (χ0v) is 15.1. The SMILES string of the molecule is CC(C)(C)OC(=O)NC(COCCN)(COCCN)COCCN. The lowest BCUT2D eigenvalue weighted by atomic mass is 10.0. The van der Waals surface area contributed by atoms with Crippen LogP contribution in [0.4, 0.5) is 4.79 Å². The van der Waals surface area contributed by atoms with Gasteiger partial charge in [-0.15, -0.1) is 0 Å². The lowest BCUT2D eigenvalue weighted by molar-refractivity contribution is -0.0408. The Balaban J connectivity index is 4.99. The first kappa shape index (κ1) is 23.0. The Morgan fingerprint density at radius 1 is 0.833 bits per heavy atom. The van der Waals surface area contributed by atoms with Gasteiger partial charge in [0, 0.05) is 19.6 Å². The summed E-state index contributed by atoms with van der Waals surface area (Å²) in [5, 5.41) is 2.81. The summed E-state index contributed by atoms with van der Waals surface area (Å²) in [6.07, 6.45) is -0.577. The van der Waals surface area contributed by atoms with E-state index in [0.717, 1.165) is 0 Å². The van der Waals surface area contributed by atoms with Gasteiger partial charge in [0.25, 0.3) is 0 Å². The van der Waals surface area contributed by atoms with Crippen LogP contribution in [-0.4, -0.2) is 76.5 Å². The molecular weight excluding hydrogens is 316 g/mol. The summed E-state index contributed by atoms with van der Waals surface area (Å²) in [4.78, 5) is 12.2. The molecule has 144 valence electrons. The van der Waals surface area contributed by atoms with Crippen LogP contribution in [0.25, 0.3) is 0 Å². The smallest absolute Gasteiger partial charge is 0.408 e. The van der Waals surface area contributed by atoms with E-state index in [1.54, 1.807) is 20.8 Å². The van der Waals surface area contributed by atoms with Gasteiger partial charge in [-0.3, -0.25) is 0 Å². The predicted molar refractivity (Wildman–Crippen MR) is 91.7 cm³/mol. The topological polar surface area (TPSA) is 144 Å². The maximum Gasteiger partial charge on any atom is 0.408 e. The highest BCUT2D eigenvalue weighted by Gasteiger charge is 2.35. The molecule has 0 unspecified atom stereocenters. The molecule has 0 saturated heterocycles. The van der Waals surface area contributed by atoms with Gasteiger partial charge in [-0.25, -0.2) is 4.79 Å². The Kier molecular flexibility index (Phi) is 11.9. The quantitative estimate of drug-likeness (QED) is 0.315. The fourth-order valence-electron chi connectivity index (χ4n) is 1.81. The molecule has 0 fully saturated rings. The second-order valence-corrected chi connectivity index (χ2v) is 6.43. The van der Waals surface area contributed by atoms with E-state index >= 15 is 0 Å². The molecule has 0 rings (SSSR count). The first-order chi connectivity index (χ1) is 11.3. The molecule has 0 aliphatic heterocycles. The minimum atomic E-state index is -0.915. The van der Waals surface area contributed by atoms with Crippen molar-refractivity contribution in [2.75, 3.05) is 59.3 Å². The fraction of sp³-hybridized carbons (Fsp3) is 0.933. The van der Waals surface area contributed by atoms with E-state index in [4.69, 9.17) is 36.1 Å². The number of hydrogen-bond acceptors (Lipinski definition) is 8. The van der Waals surface area contributed by atoms with E-state index < -0.39 is 17.2 Å². The van der Waals surface area contributed by atoms with Crippen LogP contribution >= 0.6 is 0 Å². The van der Waals surface area contributed by atoms with Crippen molar-refractivity contribution in [3.63, 3.8) is 0 Å². The van der Waals surface area contributed by atoms with Crippen molar-refractivity contribution in [3.8, 4) is 0 Å². The molecule has 0 aromatic rings. The summed E-state index contributed by atoms with van der Waals surface area (Å²) in [5.41, 5.74) is 14.8. The molecule has 0 aliphatic rings. The summed E-state index contributed by atoms with van der Waals surface area (Å²) in [6.45, 7) is 8.03. The molecule has 0 aromatic carbocycles. The maximum absolute atomic E-state index is 12.2. The van der Waals surface area contributed by atoms with Gasteiger partial charge in [-0.05, 0) is 20.8 Å². The van der Waals surface area contributed by atoms with Crippen molar-refractivity contribution in [3.05, 3.63) is 0 Å². The van der Waals surface area contributed by atoms with Gasteiger partial charge in [0.05, 0.1) is 39.6 Å². The molecule has 1 amide bonds. The molecule has 0 heterocycles. The molecule has 9 heteroatoms. The number of carbonyl (C=O) groups excluding carboxylic acids is 1. The van der Waals surface area contributed by atoms with Gasteiger partial charge >= 0.3 is 6.09 Å². The lowest BCUT2D eigenvalue weighted by Gasteiger charge is -2.34. The van der Waals surface area contributed by atoms with Crippen LogP contribution in [0.1, 0.15) is 20.8 Å². The van der Waals surface area contributed by atoms with Gasteiger partial charge in [0.1, 0.15) is 11.1 Å². The number of amides is 1. The average molecular weight is 350 g/mol. The molecule has 0 radical (unpaired) electrons. The summed E-state index contributed by atoms with van der Waals surface area (Å²) in [5.74, 6) is 0. The highest BCUT2D eigenvalue weighted by Crippen LogP contribution is 2.12. The number of hydrogen-bond donors (Lipinski definition) is 4. The Hall–Kier alpha value is -0.970. The maximum atomic E-state index is 12.2. The molecular formula is C15H34N4O5. The first-order valence-corrected chi connectivity index (χ1v) is 8.13. The van der Waals surface area contributed by atoms with E-state index in [9.17, 15) is 4.79 Å². The fourth-order valence-corrected chi connectivity index (χ4v) is 1.81. The standard InChI is InChI=1S/C15H34N4O5/c1-14(2,3)24-13(20)19-15(10-21-7-4-16,11-22-8-5-17)12-23-9-6-18/h4-12,16-18H2,1-3H3,(H,19,20). The first-order valence-electron chi connectivity index (χ1n) is 8.13. The Labute approximate surface area is 144 Å². The highest BCUT2D eigenvalue weighted by molar-refractivity contribution is 5.68. The minimum Gasteiger partial charge on any atom is -0.444 e. The average Bonchev–Trinajstić information content (AvgIpc) is 2.46. The number of carbonyl (C=O) groups is 1. The third kappa shape index (κ3) is 11.5. The number of alkyl carbamates (subject to hydrolysis) is 1. The monoisotopic (exact) mass is 350 g/mol. The molecule has 24 heavy (non-hydrogen) atoms. The molecule has 0 atom stereocenters. The predicted octanol–water partition coefficient (Wildman–Crippen LogP) is -0.824. The molecule has 7 N–H and O–H groups in total.